The lowest BCUT2D eigenvalue weighted by Gasteiger charge is -2.10. The number of guanidine groups is 1. The standard InChI is InChI=1S/C19H24ClN5O.HI/c1-12(2)18-9-15(26-25-18)11-24-19(21-3)22-7-6-13-10-23-17-5-4-14(20)8-16(13)17;/h4-5,8-10,12,23H,6-7,11H2,1-3H3,(H2,21,22,24);1H. The summed E-state index contributed by atoms with van der Waals surface area (Å²) in [6.45, 7) is 5.48. The molecule has 0 atom stereocenters. The van der Waals surface area contributed by atoms with Crippen LogP contribution in [0.1, 0.15) is 36.8 Å². The van der Waals surface area contributed by atoms with Crippen molar-refractivity contribution in [2.45, 2.75) is 32.7 Å². The van der Waals surface area contributed by atoms with Crippen LogP contribution in [0.5, 0.6) is 0 Å². The summed E-state index contributed by atoms with van der Waals surface area (Å²) >= 11 is 6.10. The Labute approximate surface area is 181 Å². The molecule has 8 heteroatoms. The van der Waals surface area contributed by atoms with Crippen LogP contribution in [0.15, 0.2) is 40.0 Å². The molecule has 0 aliphatic carbocycles. The maximum atomic E-state index is 6.10. The minimum absolute atomic E-state index is 0. The molecule has 3 rings (SSSR count). The summed E-state index contributed by atoms with van der Waals surface area (Å²) in [6, 6.07) is 7.85. The number of nitrogens with one attached hydrogen (secondary N) is 3. The smallest absolute Gasteiger partial charge is 0.191 e. The lowest BCUT2D eigenvalue weighted by molar-refractivity contribution is 0.372. The van der Waals surface area contributed by atoms with Gasteiger partial charge in [0.05, 0.1) is 12.2 Å². The first-order valence-corrected chi connectivity index (χ1v) is 9.10. The Balaban J connectivity index is 0.00000261. The number of aromatic amines is 1. The fourth-order valence-corrected chi connectivity index (χ4v) is 2.92. The van der Waals surface area contributed by atoms with Gasteiger partial charge in [-0.15, -0.1) is 24.0 Å². The summed E-state index contributed by atoms with van der Waals surface area (Å²) in [7, 11) is 1.75. The molecule has 0 aliphatic heterocycles. The van der Waals surface area contributed by atoms with Crippen LogP contribution in [0.3, 0.4) is 0 Å². The van der Waals surface area contributed by atoms with E-state index in [9.17, 15) is 0 Å². The van der Waals surface area contributed by atoms with Crippen molar-refractivity contribution in [2.75, 3.05) is 13.6 Å². The molecule has 0 spiro atoms. The van der Waals surface area contributed by atoms with Gasteiger partial charge in [0.25, 0.3) is 0 Å². The van der Waals surface area contributed by atoms with Gasteiger partial charge in [-0.3, -0.25) is 4.99 Å². The number of nitrogens with zero attached hydrogens (tertiary/aromatic N) is 2. The minimum Gasteiger partial charge on any atom is -0.361 e. The molecule has 0 amide bonds. The summed E-state index contributed by atoms with van der Waals surface area (Å²) in [5.74, 6) is 1.88. The van der Waals surface area contributed by atoms with Gasteiger partial charge in [-0.05, 0) is 36.1 Å². The number of fused-ring (bicyclic) bond motifs is 1. The van der Waals surface area contributed by atoms with Crippen molar-refractivity contribution >= 4 is 52.4 Å². The van der Waals surface area contributed by atoms with Crippen molar-refractivity contribution in [3.05, 3.63) is 52.5 Å². The van der Waals surface area contributed by atoms with Crippen molar-refractivity contribution in [3.8, 4) is 0 Å². The number of H-pyrrole nitrogens is 1. The molecule has 6 nitrogen and oxygen atoms in total. The van der Waals surface area contributed by atoms with E-state index in [4.69, 9.17) is 16.1 Å². The van der Waals surface area contributed by atoms with Crippen molar-refractivity contribution in [1.82, 2.24) is 20.8 Å². The second-order valence-corrected chi connectivity index (χ2v) is 6.92. The van der Waals surface area contributed by atoms with Crippen molar-refractivity contribution in [1.29, 1.82) is 0 Å². The number of aliphatic imine (C=N–C) groups is 1. The van der Waals surface area contributed by atoms with E-state index in [2.05, 4.69) is 39.6 Å². The summed E-state index contributed by atoms with van der Waals surface area (Å²) in [4.78, 5) is 7.52. The molecule has 0 saturated heterocycles. The minimum atomic E-state index is 0. The molecular weight excluding hydrogens is 477 g/mol. The highest BCUT2D eigenvalue weighted by Gasteiger charge is 2.09. The lowest BCUT2D eigenvalue weighted by Crippen LogP contribution is -2.37. The molecule has 2 heterocycles. The van der Waals surface area contributed by atoms with Gasteiger partial charge in [0.15, 0.2) is 11.7 Å². The predicted octanol–water partition coefficient (Wildman–Crippen LogP) is 4.46. The molecule has 1 aromatic carbocycles. The first kappa shape index (κ1) is 21.6. The van der Waals surface area contributed by atoms with Crippen molar-refractivity contribution < 1.29 is 4.52 Å². The van der Waals surface area contributed by atoms with Crippen LogP contribution in [-0.4, -0.2) is 29.7 Å². The van der Waals surface area contributed by atoms with Crippen LogP contribution in [0.4, 0.5) is 0 Å². The van der Waals surface area contributed by atoms with E-state index in [-0.39, 0.29) is 24.0 Å². The van der Waals surface area contributed by atoms with E-state index in [1.165, 1.54) is 5.56 Å². The van der Waals surface area contributed by atoms with Crippen LogP contribution in [0, 0.1) is 0 Å². The van der Waals surface area contributed by atoms with Crippen LogP contribution < -0.4 is 10.6 Å². The fraction of sp³-hybridized carbons (Fsp3) is 0.368. The number of hydrogen-bond donors (Lipinski definition) is 3. The van der Waals surface area contributed by atoms with Gasteiger partial charge in [0.2, 0.25) is 0 Å². The summed E-state index contributed by atoms with van der Waals surface area (Å²) in [6.07, 6.45) is 2.89. The highest BCUT2D eigenvalue weighted by atomic mass is 127. The highest BCUT2D eigenvalue weighted by molar-refractivity contribution is 14.0. The van der Waals surface area contributed by atoms with Gasteiger partial charge in [-0.1, -0.05) is 30.6 Å². The van der Waals surface area contributed by atoms with Crippen molar-refractivity contribution in [3.63, 3.8) is 0 Å². The Morgan fingerprint density at radius 3 is 2.81 bits per heavy atom. The van der Waals surface area contributed by atoms with Crippen LogP contribution in [0.25, 0.3) is 10.9 Å². The molecule has 146 valence electrons. The molecule has 0 fully saturated rings. The number of rotatable bonds is 6. The average molecular weight is 502 g/mol. The van der Waals surface area contributed by atoms with Crippen LogP contribution >= 0.6 is 35.6 Å². The SMILES string of the molecule is CN=C(NCCc1c[nH]c2ccc(Cl)cc12)NCc1cc(C(C)C)no1.I. The first-order valence-electron chi connectivity index (χ1n) is 8.72. The molecule has 0 aliphatic rings. The normalized spacial score (nSPS) is 11.7. The van der Waals surface area contributed by atoms with Crippen LogP contribution in [0.2, 0.25) is 5.02 Å². The zero-order chi connectivity index (χ0) is 18.5. The highest BCUT2D eigenvalue weighted by Crippen LogP contribution is 2.22. The Bertz CT molecular complexity index is 903. The molecular formula is C19H25ClIN5O. The molecule has 0 radical (unpaired) electrons. The Hall–Kier alpha value is -1.74. The molecule has 0 bridgehead atoms. The van der Waals surface area contributed by atoms with Gasteiger partial charge < -0.3 is 20.1 Å². The Morgan fingerprint density at radius 1 is 1.30 bits per heavy atom. The maximum absolute atomic E-state index is 6.10. The Morgan fingerprint density at radius 2 is 2.11 bits per heavy atom. The molecule has 0 saturated carbocycles. The van der Waals surface area contributed by atoms with Crippen molar-refractivity contribution in [2.24, 2.45) is 4.99 Å². The number of hydrogen-bond acceptors (Lipinski definition) is 3. The third-order valence-corrected chi connectivity index (χ3v) is 4.47. The monoisotopic (exact) mass is 501 g/mol. The quantitative estimate of drug-likeness (QED) is 0.265. The average Bonchev–Trinajstić information content (AvgIpc) is 3.25. The van der Waals surface area contributed by atoms with E-state index in [1.807, 2.05) is 30.5 Å². The lowest BCUT2D eigenvalue weighted by atomic mass is 10.1. The molecule has 3 N–H and O–H groups in total. The van der Waals surface area contributed by atoms with E-state index < -0.39 is 0 Å². The van der Waals surface area contributed by atoms with Gasteiger partial charge in [0, 0.05) is 41.8 Å². The topological polar surface area (TPSA) is 78.2 Å². The third kappa shape index (κ3) is 5.62. The third-order valence-electron chi connectivity index (χ3n) is 4.24. The van der Waals surface area contributed by atoms with E-state index in [0.717, 1.165) is 46.3 Å². The summed E-state index contributed by atoms with van der Waals surface area (Å²) in [5, 5.41) is 12.5. The number of aromatic nitrogens is 2. The summed E-state index contributed by atoms with van der Waals surface area (Å²) < 4.78 is 5.33. The van der Waals surface area contributed by atoms with Gasteiger partial charge in [0.1, 0.15) is 0 Å². The molecule has 27 heavy (non-hydrogen) atoms. The van der Waals surface area contributed by atoms with Gasteiger partial charge >= 0.3 is 0 Å². The number of benzene rings is 1. The zero-order valence-corrected chi connectivity index (χ0v) is 18.8. The van der Waals surface area contributed by atoms with Gasteiger partial charge in [-0.2, -0.15) is 0 Å². The van der Waals surface area contributed by atoms with E-state index in [1.54, 1.807) is 7.05 Å². The number of halogens is 2. The molecule has 0 unspecified atom stereocenters. The van der Waals surface area contributed by atoms with E-state index in [0.29, 0.717) is 12.5 Å². The largest absolute Gasteiger partial charge is 0.361 e. The first-order chi connectivity index (χ1) is 12.6. The Kier molecular flexibility index (Phi) is 7.97. The van der Waals surface area contributed by atoms with Crippen LogP contribution in [-0.2, 0) is 13.0 Å². The second-order valence-electron chi connectivity index (χ2n) is 6.48. The predicted molar refractivity (Wildman–Crippen MR) is 121 cm³/mol. The summed E-state index contributed by atoms with van der Waals surface area (Å²) in [5.41, 5.74) is 3.28. The zero-order valence-electron chi connectivity index (χ0n) is 15.7. The van der Waals surface area contributed by atoms with Gasteiger partial charge in [-0.25, -0.2) is 0 Å². The van der Waals surface area contributed by atoms with E-state index >= 15 is 0 Å². The molecule has 3 aromatic rings. The fourth-order valence-electron chi connectivity index (χ4n) is 2.75. The maximum Gasteiger partial charge on any atom is 0.191 e. The second kappa shape index (κ2) is 9.98. The molecule has 2 aromatic heterocycles.